The SMILES string of the molecule is C[C@@H]1CN(C(=O)c2cc(Cl)c[nH]2)CCN1. The van der Waals surface area contributed by atoms with Gasteiger partial charge in [0.2, 0.25) is 0 Å². The van der Waals surface area contributed by atoms with Crippen molar-refractivity contribution in [2.45, 2.75) is 13.0 Å². The summed E-state index contributed by atoms with van der Waals surface area (Å²) in [4.78, 5) is 16.7. The molecule has 2 N–H and O–H groups in total. The van der Waals surface area contributed by atoms with Crippen LogP contribution in [-0.2, 0) is 0 Å². The van der Waals surface area contributed by atoms with Crippen LogP contribution in [0.15, 0.2) is 12.3 Å². The van der Waals surface area contributed by atoms with E-state index in [1.54, 1.807) is 12.3 Å². The number of nitrogens with one attached hydrogen (secondary N) is 2. The monoisotopic (exact) mass is 227 g/mol. The van der Waals surface area contributed by atoms with Gasteiger partial charge in [-0.05, 0) is 13.0 Å². The summed E-state index contributed by atoms with van der Waals surface area (Å²) in [6.45, 7) is 4.41. The largest absolute Gasteiger partial charge is 0.356 e. The molecule has 1 aromatic heterocycles. The van der Waals surface area contributed by atoms with Crippen molar-refractivity contribution in [3.05, 3.63) is 23.0 Å². The average Bonchev–Trinajstić information content (AvgIpc) is 2.64. The summed E-state index contributed by atoms with van der Waals surface area (Å²) in [5, 5.41) is 3.86. The maximum absolute atomic E-state index is 12.0. The van der Waals surface area contributed by atoms with E-state index in [2.05, 4.69) is 17.2 Å². The van der Waals surface area contributed by atoms with E-state index in [4.69, 9.17) is 11.6 Å². The molecule has 0 aromatic carbocycles. The van der Waals surface area contributed by atoms with E-state index in [0.717, 1.165) is 19.6 Å². The molecule has 0 radical (unpaired) electrons. The smallest absolute Gasteiger partial charge is 0.270 e. The van der Waals surface area contributed by atoms with Crippen LogP contribution in [0, 0.1) is 0 Å². The fourth-order valence-electron chi connectivity index (χ4n) is 1.78. The molecule has 1 aliphatic heterocycles. The number of hydrogen-bond acceptors (Lipinski definition) is 2. The molecule has 1 atom stereocenters. The fraction of sp³-hybridized carbons (Fsp3) is 0.500. The quantitative estimate of drug-likeness (QED) is 0.755. The van der Waals surface area contributed by atoms with Crippen molar-refractivity contribution in [3.63, 3.8) is 0 Å². The minimum absolute atomic E-state index is 0.0234. The summed E-state index contributed by atoms with van der Waals surface area (Å²) in [6, 6.07) is 2.02. The lowest BCUT2D eigenvalue weighted by Crippen LogP contribution is -2.51. The Labute approximate surface area is 93.6 Å². The van der Waals surface area contributed by atoms with Crippen LogP contribution in [0.25, 0.3) is 0 Å². The molecule has 0 saturated carbocycles. The molecule has 0 spiro atoms. The summed E-state index contributed by atoms with van der Waals surface area (Å²) in [5.41, 5.74) is 0.564. The van der Waals surface area contributed by atoms with Gasteiger partial charge in [0.15, 0.2) is 0 Å². The molecule has 1 fully saturated rings. The van der Waals surface area contributed by atoms with Crippen molar-refractivity contribution in [1.29, 1.82) is 0 Å². The highest BCUT2D eigenvalue weighted by Crippen LogP contribution is 2.12. The van der Waals surface area contributed by atoms with Crippen molar-refractivity contribution in [3.8, 4) is 0 Å². The van der Waals surface area contributed by atoms with Gasteiger partial charge in [-0.1, -0.05) is 11.6 Å². The van der Waals surface area contributed by atoms with Crippen LogP contribution in [-0.4, -0.2) is 41.5 Å². The van der Waals surface area contributed by atoms with Gasteiger partial charge in [0.25, 0.3) is 5.91 Å². The molecule has 5 heteroatoms. The van der Waals surface area contributed by atoms with Crippen molar-refractivity contribution in [2.24, 2.45) is 0 Å². The molecule has 2 rings (SSSR count). The Balaban J connectivity index is 2.07. The predicted molar refractivity (Wildman–Crippen MR) is 59.2 cm³/mol. The van der Waals surface area contributed by atoms with Crippen LogP contribution < -0.4 is 5.32 Å². The van der Waals surface area contributed by atoms with Crippen LogP contribution in [0.2, 0.25) is 5.02 Å². The van der Waals surface area contributed by atoms with E-state index in [1.807, 2.05) is 4.90 Å². The van der Waals surface area contributed by atoms with E-state index in [0.29, 0.717) is 16.8 Å². The normalized spacial score (nSPS) is 21.7. The van der Waals surface area contributed by atoms with Crippen molar-refractivity contribution in [2.75, 3.05) is 19.6 Å². The third kappa shape index (κ3) is 2.33. The number of carbonyl (C=O) groups is 1. The minimum Gasteiger partial charge on any atom is -0.356 e. The molecule has 1 saturated heterocycles. The molecule has 82 valence electrons. The molecular formula is C10H14ClN3O. The van der Waals surface area contributed by atoms with E-state index in [1.165, 1.54) is 0 Å². The van der Waals surface area contributed by atoms with Crippen LogP contribution >= 0.6 is 11.6 Å². The highest BCUT2D eigenvalue weighted by atomic mass is 35.5. The second-order valence-electron chi connectivity index (χ2n) is 3.84. The number of carbonyl (C=O) groups excluding carboxylic acids is 1. The highest BCUT2D eigenvalue weighted by molar-refractivity contribution is 6.30. The van der Waals surface area contributed by atoms with Gasteiger partial charge in [-0.15, -0.1) is 0 Å². The Morgan fingerprint density at radius 2 is 2.47 bits per heavy atom. The summed E-state index contributed by atoms with van der Waals surface area (Å²) in [6.07, 6.45) is 1.63. The van der Waals surface area contributed by atoms with Gasteiger partial charge in [-0.2, -0.15) is 0 Å². The second kappa shape index (κ2) is 4.24. The number of hydrogen-bond donors (Lipinski definition) is 2. The first-order chi connectivity index (χ1) is 7.16. The Kier molecular flexibility index (Phi) is 2.98. The van der Waals surface area contributed by atoms with Crippen LogP contribution in [0.5, 0.6) is 0 Å². The van der Waals surface area contributed by atoms with Crippen LogP contribution in [0.4, 0.5) is 0 Å². The predicted octanol–water partition coefficient (Wildman–Crippen LogP) is 1.10. The Hall–Kier alpha value is -1.00. The number of halogens is 1. The Morgan fingerprint density at radius 1 is 1.67 bits per heavy atom. The van der Waals surface area contributed by atoms with E-state index < -0.39 is 0 Å². The Bertz CT molecular complexity index is 363. The zero-order valence-electron chi connectivity index (χ0n) is 8.59. The first kappa shape index (κ1) is 10.5. The molecule has 0 bridgehead atoms. The third-order valence-corrected chi connectivity index (χ3v) is 2.75. The zero-order chi connectivity index (χ0) is 10.8. The fourth-order valence-corrected chi connectivity index (χ4v) is 1.94. The molecular weight excluding hydrogens is 214 g/mol. The Morgan fingerprint density at radius 3 is 3.07 bits per heavy atom. The molecule has 4 nitrogen and oxygen atoms in total. The molecule has 2 heterocycles. The first-order valence-electron chi connectivity index (χ1n) is 5.03. The molecule has 0 aliphatic carbocycles. The number of amides is 1. The van der Waals surface area contributed by atoms with Crippen molar-refractivity contribution >= 4 is 17.5 Å². The maximum atomic E-state index is 12.0. The van der Waals surface area contributed by atoms with Gasteiger partial charge < -0.3 is 15.2 Å². The number of aromatic amines is 1. The van der Waals surface area contributed by atoms with E-state index >= 15 is 0 Å². The molecule has 1 aliphatic rings. The van der Waals surface area contributed by atoms with E-state index in [9.17, 15) is 4.79 Å². The summed E-state index contributed by atoms with van der Waals surface area (Å²) >= 11 is 5.76. The maximum Gasteiger partial charge on any atom is 0.270 e. The lowest BCUT2D eigenvalue weighted by Gasteiger charge is -2.31. The minimum atomic E-state index is 0.0234. The summed E-state index contributed by atoms with van der Waals surface area (Å²) in [7, 11) is 0. The van der Waals surface area contributed by atoms with E-state index in [-0.39, 0.29) is 5.91 Å². The summed E-state index contributed by atoms with van der Waals surface area (Å²) in [5.74, 6) is 0.0234. The lowest BCUT2D eigenvalue weighted by molar-refractivity contribution is 0.0704. The van der Waals surface area contributed by atoms with Gasteiger partial charge in [0, 0.05) is 31.9 Å². The molecule has 15 heavy (non-hydrogen) atoms. The van der Waals surface area contributed by atoms with Gasteiger partial charge in [-0.25, -0.2) is 0 Å². The number of piperazine rings is 1. The molecule has 1 aromatic rings. The summed E-state index contributed by atoms with van der Waals surface area (Å²) < 4.78 is 0. The third-order valence-electron chi connectivity index (χ3n) is 2.53. The zero-order valence-corrected chi connectivity index (χ0v) is 9.34. The molecule has 0 unspecified atom stereocenters. The van der Waals surface area contributed by atoms with Gasteiger partial charge in [0.05, 0.1) is 5.02 Å². The number of rotatable bonds is 1. The number of nitrogens with zero attached hydrogens (tertiary/aromatic N) is 1. The van der Waals surface area contributed by atoms with Crippen molar-refractivity contribution in [1.82, 2.24) is 15.2 Å². The topological polar surface area (TPSA) is 48.1 Å². The lowest BCUT2D eigenvalue weighted by atomic mass is 10.2. The van der Waals surface area contributed by atoms with Gasteiger partial charge in [-0.3, -0.25) is 4.79 Å². The van der Waals surface area contributed by atoms with Crippen LogP contribution in [0.3, 0.4) is 0 Å². The molecule has 1 amide bonds. The number of H-pyrrole nitrogens is 1. The number of aromatic nitrogens is 1. The standard InChI is InChI=1S/C10H14ClN3O/c1-7-6-14(3-2-12-7)10(15)9-4-8(11)5-13-9/h4-5,7,12-13H,2-3,6H2,1H3/t7-/m1/s1. The second-order valence-corrected chi connectivity index (χ2v) is 4.27. The van der Waals surface area contributed by atoms with Crippen LogP contribution in [0.1, 0.15) is 17.4 Å². The highest BCUT2D eigenvalue weighted by Gasteiger charge is 2.22. The van der Waals surface area contributed by atoms with Gasteiger partial charge in [0.1, 0.15) is 5.69 Å². The first-order valence-corrected chi connectivity index (χ1v) is 5.41. The van der Waals surface area contributed by atoms with Gasteiger partial charge >= 0.3 is 0 Å². The van der Waals surface area contributed by atoms with Crippen molar-refractivity contribution < 1.29 is 4.79 Å². The average molecular weight is 228 g/mol.